The molecule has 0 radical (unpaired) electrons. The number of hydrogen-bond donors (Lipinski definition) is 1. The Hall–Kier alpha value is 0.140. The van der Waals surface area contributed by atoms with Crippen LogP contribution < -0.4 is 0 Å². The van der Waals surface area contributed by atoms with E-state index in [1.807, 2.05) is 6.07 Å². The van der Waals surface area contributed by atoms with Gasteiger partial charge < -0.3 is 5.11 Å². The zero-order valence-electron chi connectivity index (χ0n) is 6.60. The molecular weight excluding hydrogens is 224 g/mol. The molecule has 11 heavy (non-hydrogen) atoms. The lowest BCUT2D eigenvalue weighted by Crippen LogP contribution is -1.80. The Morgan fingerprint density at radius 3 is 2.55 bits per heavy atom. The maximum Gasteiger partial charge on any atom is 0.0774 e. The lowest BCUT2D eigenvalue weighted by Gasteiger charge is -1.99. The summed E-state index contributed by atoms with van der Waals surface area (Å²) in [5.74, 6) is 0.537. The maximum atomic E-state index is 8.85. The monoisotopic (exact) mass is 234 g/mol. The van der Waals surface area contributed by atoms with Crippen LogP contribution >= 0.6 is 27.3 Å². The lowest BCUT2D eigenvalue weighted by molar-refractivity contribution is 0.285. The van der Waals surface area contributed by atoms with E-state index in [-0.39, 0.29) is 6.61 Å². The van der Waals surface area contributed by atoms with E-state index in [9.17, 15) is 0 Å². The van der Waals surface area contributed by atoms with E-state index in [2.05, 4.69) is 29.8 Å². The highest BCUT2D eigenvalue weighted by molar-refractivity contribution is 9.10. The Balaban J connectivity index is 2.97. The summed E-state index contributed by atoms with van der Waals surface area (Å²) in [7, 11) is 0. The first kappa shape index (κ1) is 9.23. The molecule has 0 aliphatic heterocycles. The predicted octanol–water partition coefficient (Wildman–Crippen LogP) is 3.13. The summed E-state index contributed by atoms with van der Waals surface area (Å²) in [5, 5.41) is 8.85. The van der Waals surface area contributed by atoms with Crippen LogP contribution in [0.3, 0.4) is 0 Å². The molecule has 1 nitrogen and oxygen atoms in total. The molecule has 0 saturated carbocycles. The molecule has 0 bridgehead atoms. The Kier molecular flexibility index (Phi) is 3.10. The second kappa shape index (κ2) is 3.70. The minimum atomic E-state index is 0.149. The van der Waals surface area contributed by atoms with Gasteiger partial charge in [-0.15, -0.1) is 11.3 Å². The zero-order valence-corrected chi connectivity index (χ0v) is 9.00. The molecule has 0 aromatic carbocycles. The van der Waals surface area contributed by atoms with Crippen molar-refractivity contribution in [3.05, 3.63) is 20.3 Å². The van der Waals surface area contributed by atoms with Crippen molar-refractivity contribution >= 4 is 27.3 Å². The molecule has 1 heterocycles. The van der Waals surface area contributed by atoms with Crippen LogP contribution in [-0.4, -0.2) is 5.11 Å². The quantitative estimate of drug-likeness (QED) is 0.834. The number of aliphatic hydroxyl groups is 1. The third-order valence-electron chi connectivity index (χ3n) is 1.44. The largest absolute Gasteiger partial charge is 0.391 e. The van der Waals surface area contributed by atoms with Crippen molar-refractivity contribution in [2.75, 3.05) is 0 Å². The number of thiophene rings is 1. The number of halogens is 1. The van der Waals surface area contributed by atoms with Crippen molar-refractivity contribution < 1.29 is 5.11 Å². The van der Waals surface area contributed by atoms with Crippen LogP contribution in [0.5, 0.6) is 0 Å². The molecule has 1 rings (SSSR count). The van der Waals surface area contributed by atoms with Crippen molar-refractivity contribution in [1.29, 1.82) is 0 Å². The number of rotatable bonds is 2. The Labute approximate surface area is 79.2 Å². The predicted molar refractivity (Wildman–Crippen MR) is 52.0 cm³/mol. The van der Waals surface area contributed by atoms with E-state index >= 15 is 0 Å². The van der Waals surface area contributed by atoms with Gasteiger partial charge in [-0.25, -0.2) is 0 Å². The third kappa shape index (κ3) is 2.04. The van der Waals surface area contributed by atoms with Gasteiger partial charge in [0.2, 0.25) is 0 Å². The fourth-order valence-corrected chi connectivity index (χ4v) is 2.95. The normalized spacial score (nSPS) is 11.0. The SMILES string of the molecule is CC(C)c1sc(CO)cc1Br. The van der Waals surface area contributed by atoms with Gasteiger partial charge in [0.1, 0.15) is 0 Å². The Morgan fingerprint density at radius 1 is 1.64 bits per heavy atom. The summed E-state index contributed by atoms with van der Waals surface area (Å²) in [4.78, 5) is 2.34. The van der Waals surface area contributed by atoms with Gasteiger partial charge in [0.25, 0.3) is 0 Å². The summed E-state index contributed by atoms with van der Waals surface area (Å²) in [6.45, 7) is 4.45. The minimum Gasteiger partial charge on any atom is -0.391 e. The van der Waals surface area contributed by atoms with Crippen LogP contribution in [-0.2, 0) is 6.61 Å². The second-order valence-corrected chi connectivity index (χ2v) is 4.76. The first-order valence-electron chi connectivity index (χ1n) is 3.54. The standard InChI is InChI=1S/C8H11BrOS/c1-5(2)8-7(9)3-6(4-10)11-8/h3,5,10H,4H2,1-2H3. The molecule has 0 saturated heterocycles. The van der Waals surface area contributed by atoms with Gasteiger partial charge >= 0.3 is 0 Å². The average molecular weight is 235 g/mol. The molecule has 1 aromatic rings. The minimum absolute atomic E-state index is 0.149. The van der Waals surface area contributed by atoms with Gasteiger partial charge in [0.05, 0.1) is 6.61 Å². The van der Waals surface area contributed by atoms with Crippen molar-refractivity contribution in [1.82, 2.24) is 0 Å². The Morgan fingerprint density at radius 2 is 2.27 bits per heavy atom. The lowest BCUT2D eigenvalue weighted by atomic mass is 10.2. The van der Waals surface area contributed by atoms with E-state index in [0.717, 1.165) is 9.35 Å². The van der Waals surface area contributed by atoms with E-state index < -0.39 is 0 Å². The van der Waals surface area contributed by atoms with Crippen molar-refractivity contribution in [3.8, 4) is 0 Å². The smallest absolute Gasteiger partial charge is 0.0774 e. The van der Waals surface area contributed by atoms with Gasteiger partial charge in [-0.05, 0) is 27.9 Å². The summed E-state index contributed by atoms with van der Waals surface area (Å²) >= 11 is 5.13. The first-order chi connectivity index (χ1) is 5.15. The molecule has 0 fully saturated rings. The maximum absolute atomic E-state index is 8.85. The molecule has 0 unspecified atom stereocenters. The van der Waals surface area contributed by atoms with Crippen molar-refractivity contribution in [3.63, 3.8) is 0 Å². The number of aliphatic hydroxyl groups excluding tert-OH is 1. The van der Waals surface area contributed by atoms with Gasteiger partial charge in [-0.3, -0.25) is 0 Å². The van der Waals surface area contributed by atoms with Crippen LogP contribution in [0.15, 0.2) is 10.5 Å². The van der Waals surface area contributed by atoms with Crippen LogP contribution in [0.1, 0.15) is 29.5 Å². The van der Waals surface area contributed by atoms with Gasteiger partial charge in [0, 0.05) is 14.2 Å². The van der Waals surface area contributed by atoms with Crippen LogP contribution in [0.4, 0.5) is 0 Å². The molecule has 62 valence electrons. The second-order valence-electron chi connectivity index (χ2n) is 2.74. The van der Waals surface area contributed by atoms with Crippen molar-refractivity contribution in [2.24, 2.45) is 0 Å². The van der Waals surface area contributed by atoms with E-state index in [0.29, 0.717) is 5.92 Å². The zero-order chi connectivity index (χ0) is 8.43. The summed E-state index contributed by atoms with van der Waals surface area (Å²) < 4.78 is 1.13. The van der Waals surface area contributed by atoms with Gasteiger partial charge in [-0.2, -0.15) is 0 Å². The molecule has 3 heteroatoms. The van der Waals surface area contributed by atoms with E-state index in [1.165, 1.54) is 4.88 Å². The summed E-state index contributed by atoms with van der Waals surface area (Å²) in [6.07, 6.45) is 0. The molecule has 0 aliphatic rings. The molecule has 0 spiro atoms. The van der Waals surface area contributed by atoms with Crippen molar-refractivity contribution in [2.45, 2.75) is 26.4 Å². The fraction of sp³-hybridized carbons (Fsp3) is 0.500. The molecule has 1 aromatic heterocycles. The summed E-state index contributed by atoms with van der Waals surface area (Å²) in [6, 6.07) is 1.99. The van der Waals surface area contributed by atoms with Gasteiger partial charge in [0.15, 0.2) is 0 Å². The number of hydrogen-bond acceptors (Lipinski definition) is 2. The van der Waals surface area contributed by atoms with Crippen LogP contribution in [0, 0.1) is 0 Å². The molecule has 0 aliphatic carbocycles. The Bertz CT molecular complexity index is 242. The molecule has 0 atom stereocenters. The molecule has 0 amide bonds. The summed E-state index contributed by atoms with van der Waals surface area (Å²) in [5.41, 5.74) is 0. The highest BCUT2D eigenvalue weighted by Crippen LogP contribution is 2.33. The van der Waals surface area contributed by atoms with Crippen LogP contribution in [0.2, 0.25) is 0 Å². The van der Waals surface area contributed by atoms with E-state index in [4.69, 9.17) is 5.11 Å². The average Bonchev–Trinajstić information content (AvgIpc) is 2.30. The highest BCUT2D eigenvalue weighted by atomic mass is 79.9. The third-order valence-corrected chi connectivity index (χ3v) is 3.78. The van der Waals surface area contributed by atoms with Gasteiger partial charge in [-0.1, -0.05) is 13.8 Å². The first-order valence-corrected chi connectivity index (χ1v) is 5.15. The van der Waals surface area contributed by atoms with Crippen LogP contribution in [0.25, 0.3) is 0 Å². The van der Waals surface area contributed by atoms with E-state index in [1.54, 1.807) is 11.3 Å². The molecular formula is C8H11BrOS. The molecule has 1 N–H and O–H groups in total. The fourth-order valence-electron chi connectivity index (χ4n) is 0.903. The highest BCUT2D eigenvalue weighted by Gasteiger charge is 2.08. The topological polar surface area (TPSA) is 20.2 Å².